The van der Waals surface area contributed by atoms with Gasteiger partial charge < -0.3 is 5.43 Å². The largest absolute Gasteiger partial charge is 0.328 e. The van der Waals surface area contributed by atoms with Gasteiger partial charge in [0.05, 0.1) is 6.54 Å². The van der Waals surface area contributed by atoms with Gasteiger partial charge in [-0.2, -0.15) is 0 Å². The minimum atomic E-state index is -0.598. The van der Waals surface area contributed by atoms with Gasteiger partial charge in [-0.15, -0.1) is 0 Å². The molecule has 0 fully saturated rings. The molecule has 94 valence electrons. The van der Waals surface area contributed by atoms with Gasteiger partial charge in [0.15, 0.2) is 0 Å². The third-order valence-electron chi connectivity index (χ3n) is 2.29. The van der Waals surface area contributed by atoms with Crippen LogP contribution in [0.3, 0.4) is 0 Å². The monoisotopic (exact) mass is 267 g/mol. The second-order valence-electron chi connectivity index (χ2n) is 3.56. The van der Waals surface area contributed by atoms with Crippen LogP contribution in [0, 0.1) is 0 Å². The number of hydrogen-bond donors (Lipinski definition) is 3. The molecule has 0 atom stereocenters. The lowest BCUT2D eigenvalue weighted by Crippen LogP contribution is -2.29. The standard InChI is InChI=1S/C10H10ClN5O2/c11-7-5-16(10(18)14-9(7)17)4-6-1-2-8(15-12)13-3-6/h1-3,5H,4,12H2,(H,13,15)(H,14,17,18). The Kier molecular flexibility index (Phi) is 3.45. The molecule has 0 aromatic carbocycles. The van der Waals surface area contributed by atoms with Crippen LogP contribution in [0.5, 0.6) is 0 Å². The number of H-pyrrole nitrogens is 1. The van der Waals surface area contributed by atoms with E-state index in [1.165, 1.54) is 10.8 Å². The van der Waals surface area contributed by atoms with Gasteiger partial charge in [0.2, 0.25) is 0 Å². The zero-order valence-corrected chi connectivity index (χ0v) is 9.94. The highest BCUT2D eigenvalue weighted by Gasteiger charge is 2.03. The van der Waals surface area contributed by atoms with Crippen LogP contribution >= 0.6 is 11.6 Å². The fraction of sp³-hybridized carbons (Fsp3) is 0.100. The van der Waals surface area contributed by atoms with E-state index in [1.807, 2.05) is 0 Å². The Balaban J connectivity index is 2.31. The summed E-state index contributed by atoms with van der Waals surface area (Å²) in [4.78, 5) is 28.7. The Bertz CT molecular complexity index is 661. The smallest absolute Gasteiger partial charge is 0.308 e. The molecule has 0 radical (unpaired) electrons. The van der Waals surface area contributed by atoms with E-state index < -0.39 is 11.2 Å². The molecule has 18 heavy (non-hydrogen) atoms. The van der Waals surface area contributed by atoms with Crippen LogP contribution < -0.4 is 22.5 Å². The average molecular weight is 268 g/mol. The first kappa shape index (κ1) is 12.3. The van der Waals surface area contributed by atoms with Gasteiger partial charge in [0.25, 0.3) is 5.56 Å². The molecule has 2 rings (SSSR count). The summed E-state index contributed by atoms with van der Waals surface area (Å²) in [7, 11) is 0. The van der Waals surface area contributed by atoms with Crippen molar-refractivity contribution < 1.29 is 0 Å². The maximum atomic E-state index is 11.5. The van der Waals surface area contributed by atoms with E-state index in [9.17, 15) is 9.59 Å². The van der Waals surface area contributed by atoms with Gasteiger partial charge >= 0.3 is 5.69 Å². The lowest BCUT2D eigenvalue weighted by molar-refractivity contribution is 0.718. The molecule has 2 aromatic heterocycles. The van der Waals surface area contributed by atoms with Crippen LogP contribution in [0.2, 0.25) is 5.02 Å². The van der Waals surface area contributed by atoms with Crippen molar-refractivity contribution in [3.05, 3.63) is 56.0 Å². The molecule has 4 N–H and O–H groups in total. The predicted molar refractivity (Wildman–Crippen MR) is 67.5 cm³/mol. The molecule has 0 saturated heterocycles. The first-order valence-electron chi connectivity index (χ1n) is 5.01. The van der Waals surface area contributed by atoms with E-state index in [1.54, 1.807) is 18.3 Å². The van der Waals surface area contributed by atoms with Crippen molar-refractivity contribution in [1.29, 1.82) is 0 Å². The number of nitrogens with one attached hydrogen (secondary N) is 2. The molecule has 0 saturated carbocycles. The molecular formula is C10H10ClN5O2. The molecule has 0 spiro atoms. The number of hydrazine groups is 1. The lowest BCUT2D eigenvalue weighted by Gasteiger charge is -2.06. The number of nitrogens with two attached hydrogens (primary N) is 1. The lowest BCUT2D eigenvalue weighted by atomic mass is 10.3. The summed E-state index contributed by atoms with van der Waals surface area (Å²) in [6.45, 7) is 0.257. The molecule has 0 bridgehead atoms. The summed E-state index contributed by atoms with van der Waals surface area (Å²) in [5.74, 6) is 5.71. The summed E-state index contributed by atoms with van der Waals surface area (Å²) >= 11 is 5.65. The molecule has 8 heteroatoms. The third kappa shape index (κ3) is 2.58. The van der Waals surface area contributed by atoms with Crippen molar-refractivity contribution in [3.8, 4) is 0 Å². The quantitative estimate of drug-likeness (QED) is 0.533. The number of anilines is 1. The number of nitrogen functional groups attached to an aromatic ring is 1. The number of halogens is 1. The molecule has 0 amide bonds. The van der Waals surface area contributed by atoms with Gasteiger partial charge in [-0.1, -0.05) is 17.7 Å². The van der Waals surface area contributed by atoms with Crippen LogP contribution in [0.1, 0.15) is 5.56 Å². The van der Waals surface area contributed by atoms with E-state index >= 15 is 0 Å². The summed E-state index contributed by atoms with van der Waals surface area (Å²) in [5, 5.41) is -0.0391. The number of aromatic nitrogens is 3. The van der Waals surface area contributed by atoms with Crippen LogP contribution in [0.25, 0.3) is 0 Å². The van der Waals surface area contributed by atoms with Crippen LogP contribution in [0.4, 0.5) is 5.82 Å². The maximum absolute atomic E-state index is 11.5. The molecule has 0 aliphatic carbocycles. The topological polar surface area (TPSA) is 106 Å². The van der Waals surface area contributed by atoms with Gasteiger partial charge in [-0.05, 0) is 11.6 Å². The highest BCUT2D eigenvalue weighted by Crippen LogP contribution is 2.05. The van der Waals surface area contributed by atoms with Crippen molar-refractivity contribution >= 4 is 17.4 Å². The van der Waals surface area contributed by atoms with Gasteiger partial charge in [-0.25, -0.2) is 15.6 Å². The minimum Gasteiger partial charge on any atom is -0.308 e. The van der Waals surface area contributed by atoms with Crippen molar-refractivity contribution in [2.75, 3.05) is 5.43 Å². The van der Waals surface area contributed by atoms with Crippen molar-refractivity contribution in [2.24, 2.45) is 5.84 Å². The number of rotatable bonds is 3. The Hall–Kier alpha value is -2.12. The van der Waals surface area contributed by atoms with E-state index in [2.05, 4.69) is 15.4 Å². The molecule has 0 unspecified atom stereocenters. The van der Waals surface area contributed by atoms with Gasteiger partial charge in [0.1, 0.15) is 10.8 Å². The number of nitrogens with zero attached hydrogens (tertiary/aromatic N) is 2. The number of pyridine rings is 1. The van der Waals surface area contributed by atoms with Crippen LogP contribution in [-0.4, -0.2) is 14.5 Å². The SMILES string of the molecule is NNc1ccc(Cn2cc(Cl)c(=O)[nH]c2=O)cn1. The van der Waals surface area contributed by atoms with E-state index in [4.69, 9.17) is 17.4 Å². The van der Waals surface area contributed by atoms with Crippen LogP contribution in [-0.2, 0) is 6.54 Å². The van der Waals surface area contributed by atoms with Gasteiger partial charge in [-0.3, -0.25) is 14.3 Å². The summed E-state index contributed by atoms with van der Waals surface area (Å²) in [6.07, 6.45) is 2.86. The molecule has 0 aliphatic rings. The first-order chi connectivity index (χ1) is 8.60. The first-order valence-corrected chi connectivity index (χ1v) is 5.39. The molecule has 2 aromatic rings. The Morgan fingerprint density at radius 3 is 2.83 bits per heavy atom. The zero-order valence-electron chi connectivity index (χ0n) is 9.18. The minimum absolute atomic E-state index is 0.0391. The zero-order chi connectivity index (χ0) is 13.1. The Labute approximate surface area is 106 Å². The van der Waals surface area contributed by atoms with Crippen molar-refractivity contribution in [1.82, 2.24) is 14.5 Å². The molecule has 2 heterocycles. The third-order valence-corrected chi connectivity index (χ3v) is 2.56. The van der Waals surface area contributed by atoms with Crippen molar-refractivity contribution in [3.63, 3.8) is 0 Å². The Morgan fingerprint density at radius 1 is 1.44 bits per heavy atom. The van der Waals surface area contributed by atoms with E-state index in [-0.39, 0.29) is 11.6 Å². The Morgan fingerprint density at radius 2 is 2.22 bits per heavy atom. The predicted octanol–water partition coefficient (Wildman–Crippen LogP) is -0.0811. The van der Waals surface area contributed by atoms with Gasteiger partial charge in [0, 0.05) is 12.4 Å². The fourth-order valence-electron chi connectivity index (χ4n) is 1.40. The second kappa shape index (κ2) is 5.03. The van der Waals surface area contributed by atoms with Crippen molar-refractivity contribution in [2.45, 2.75) is 6.54 Å². The molecule has 7 nitrogen and oxygen atoms in total. The highest BCUT2D eigenvalue weighted by molar-refractivity contribution is 6.30. The molecule has 0 aliphatic heterocycles. The normalized spacial score (nSPS) is 10.3. The van der Waals surface area contributed by atoms with Crippen LogP contribution in [0.15, 0.2) is 34.1 Å². The summed E-state index contributed by atoms with van der Waals surface area (Å²) in [5.41, 5.74) is 2.05. The number of hydrogen-bond acceptors (Lipinski definition) is 5. The highest BCUT2D eigenvalue weighted by atomic mass is 35.5. The summed E-state index contributed by atoms with van der Waals surface area (Å²) < 4.78 is 1.29. The maximum Gasteiger partial charge on any atom is 0.328 e. The second-order valence-corrected chi connectivity index (χ2v) is 3.97. The fourth-order valence-corrected chi connectivity index (χ4v) is 1.57. The average Bonchev–Trinajstić information content (AvgIpc) is 2.37. The summed E-state index contributed by atoms with van der Waals surface area (Å²) in [6, 6.07) is 3.43. The number of aromatic amines is 1. The van der Waals surface area contributed by atoms with E-state index in [0.717, 1.165) is 5.56 Å². The molecular weight excluding hydrogens is 258 g/mol. The van der Waals surface area contributed by atoms with E-state index in [0.29, 0.717) is 5.82 Å².